The summed E-state index contributed by atoms with van der Waals surface area (Å²) in [6.07, 6.45) is 6.09. The highest BCUT2D eigenvalue weighted by Crippen LogP contribution is 2.28. The van der Waals surface area contributed by atoms with E-state index < -0.39 is 0 Å². The second kappa shape index (κ2) is 4.92. The van der Waals surface area contributed by atoms with Crippen molar-refractivity contribution >= 4 is 5.70 Å². The molecule has 1 fully saturated rings. The number of morpholine rings is 1. The van der Waals surface area contributed by atoms with Crippen molar-refractivity contribution in [3.05, 3.63) is 41.5 Å². The van der Waals surface area contributed by atoms with Gasteiger partial charge in [0.25, 0.3) is 0 Å². The van der Waals surface area contributed by atoms with Crippen molar-refractivity contribution in [1.29, 1.82) is 0 Å². The Labute approximate surface area is 103 Å². The molecule has 1 aromatic rings. The number of benzene rings is 1. The maximum absolute atomic E-state index is 5.44. The quantitative estimate of drug-likeness (QED) is 0.734. The van der Waals surface area contributed by atoms with Gasteiger partial charge in [0.15, 0.2) is 0 Å². The molecule has 3 rings (SSSR count). The lowest BCUT2D eigenvalue weighted by Crippen LogP contribution is -2.35. The Hall–Kier alpha value is -1.28. The predicted octanol–water partition coefficient (Wildman–Crippen LogP) is 2.70. The molecule has 17 heavy (non-hydrogen) atoms. The van der Waals surface area contributed by atoms with E-state index in [4.69, 9.17) is 4.74 Å². The van der Waals surface area contributed by atoms with Crippen LogP contribution >= 0.6 is 0 Å². The van der Waals surface area contributed by atoms with Crippen LogP contribution in [-0.2, 0) is 11.2 Å². The molecule has 2 nitrogen and oxygen atoms in total. The van der Waals surface area contributed by atoms with Crippen molar-refractivity contribution in [1.82, 2.24) is 4.90 Å². The number of aryl methyl sites for hydroxylation is 1. The first-order valence-corrected chi connectivity index (χ1v) is 6.56. The van der Waals surface area contributed by atoms with E-state index in [-0.39, 0.29) is 0 Å². The van der Waals surface area contributed by atoms with E-state index in [2.05, 4.69) is 35.2 Å². The minimum absolute atomic E-state index is 0.861. The van der Waals surface area contributed by atoms with Gasteiger partial charge in [0.1, 0.15) is 0 Å². The normalized spacial score (nSPS) is 20.5. The standard InChI is InChI=1S/C15H19NO/c1-3-7-14-13(5-1)6-2-4-8-15(14)16-9-11-17-12-10-16/h1,3,5,7-8H,2,4,6,9-12H2. The summed E-state index contributed by atoms with van der Waals surface area (Å²) in [6.45, 7) is 3.78. The van der Waals surface area contributed by atoms with Crippen LogP contribution in [0.4, 0.5) is 0 Å². The summed E-state index contributed by atoms with van der Waals surface area (Å²) in [7, 11) is 0. The fraction of sp³-hybridized carbons (Fsp3) is 0.467. The molecule has 2 heteroatoms. The molecule has 0 spiro atoms. The monoisotopic (exact) mass is 229 g/mol. The Morgan fingerprint density at radius 3 is 2.76 bits per heavy atom. The summed E-state index contributed by atoms with van der Waals surface area (Å²) >= 11 is 0. The number of allylic oxidation sites excluding steroid dienone is 1. The van der Waals surface area contributed by atoms with E-state index in [1.807, 2.05) is 0 Å². The highest BCUT2D eigenvalue weighted by molar-refractivity contribution is 5.67. The fourth-order valence-corrected chi connectivity index (χ4v) is 2.73. The van der Waals surface area contributed by atoms with Crippen molar-refractivity contribution in [3.8, 4) is 0 Å². The zero-order chi connectivity index (χ0) is 11.5. The minimum Gasteiger partial charge on any atom is -0.378 e. The van der Waals surface area contributed by atoms with E-state index >= 15 is 0 Å². The van der Waals surface area contributed by atoms with Crippen molar-refractivity contribution in [2.75, 3.05) is 26.3 Å². The van der Waals surface area contributed by atoms with E-state index in [1.165, 1.54) is 36.1 Å². The van der Waals surface area contributed by atoms with Gasteiger partial charge < -0.3 is 9.64 Å². The van der Waals surface area contributed by atoms with Crippen LogP contribution in [0, 0.1) is 0 Å². The first-order chi connectivity index (χ1) is 8.45. The van der Waals surface area contributed by atoms with Gasteiger partial charge in [0, 0.05) is 24.4 Å². The van der Waals surface area contributed by atoms with Crippen LogP contribution in [0.3, 0.4) is 0 Å². The third-order valence-electron chi connectivity index (χ3n) is 3.63. The molecule has 0 atom stereocenters. The highest BCUT2D eigenvalue weighted by atomic mass is 16.5. The van der Waals surface area contributed by atoms with Gasteiger partial charge in [-0.25, -0.2) is 0 Å². The zero-order valence-corrected chi connectivity index (χ0v) is 10.2. The molecule has 1 aliphatic carbocycles. The molecule has 2 aliphatic rings. The molecular weight excluding hydrogens is 210 g/mol. The number of hydrogen-bond acceptors (Lipinski definition) is 2. The summed E-state index contributed by atoms with van der Waals surface area (Å²) in [5, 5.41) is 0. The van der Waals surface area contributed by atoms with Gasteiger partial charge in [-0.3, -0.25) is 0 Å². The minimum atomic E-state index is 0.861. The van der Waals surface area contributed by atoms with Crippen molar-refractivity contribution in [2.45, 2.75) is 19.3 Å². The van der Waals surface area contributed by atoms with Crippen LogP contribution in [0.5, 0.6) is 0 Å². The van der Waals surface area contributed by atoms with E-state index in [0.717, 1.165) is 26.3 Å². The molecule has 1 aliphatic heterocycles. The van der Waals surface area contributed by atoms with Gasteiger partial charge >= 0.3 is 0 Å². The van der Waals surface area contributed by atoms with E-state index in [9.17, 15) is 0 Å². The Morgan fingerprint density at radius 2 is 1.88 bits per heavy atom. The smallest absolute Gasteiger partial charge is 0.0642 e. The lowest BCUT2D eigenvalue weighted by Gasteiger charge is -2.31. The zero-order valence-electron chi connectivity index (χ0n) is 10.2. The highest BCUT2D eigenvalue weighted by Gasteiger charge is 2.18. The molecular formula is C15H19NO. The third kappa shape index (κ3) is 2.22. The van der Waals surface area contributed by atoms with Gasteiger partial charge in [-0.15, -0.1) is 0 Å². The number of nitrogens with zero attached hydrogens (tertiary/aromatic N) is 1. The largest absolute Gasteiger partial charge is 0.378 e. The second-order valence-electron chi connectivity index (χ2n) is 4.74. The number of hydrogen-bond donors (Lipinski definition) is 0. The Balaban J connectivity index is 1.95. The molecule has 0 unspecified atom stereocenters. The molecule has 0 saturated carbocycles. The summed E-state index contributed by atoms with van der Waals surface area (Å²) in [5.41, 5.74) is 4.37. The molecule has 90 valence electrons. The third-order valence-corrected chi connectivity index (χ3v) is 3.63. The molecule has 1 aromatic carbocycles. The number of fused-ring (bicyclic) bond motifs is 1. The molecule has 1 heterocycles. The molecule has 1 saturated heterocycles. The summed E-state index contributed by atoms with van der Waals surface area (Å²) in [5.74, 6) is 0. The van der Waals surface area contributed by atoms with Crippen LogP contribution in [0.25, 0.3) is 5.70 Å². The van der Waals surface area contributed by atoms with Crippen LogP contribution < -0.4 is 0 Å². The predicted molar refractivity (Wildman–Crippen MR) is 69.7 cm³/mol. The van der Waals surface area contributed by atoms with Crippen molar-refractivity contribution in [2.24, 2.45) is 0 Å². The van der Waals surface area contributed by atoms with Gasteiger partial charge in [-0.1, -0.05) is 30.3 Å². The van der Waals surface area contributed by atoms with Crippen LogP contribution in [0.1, 0.15) is 24.0 Å². The lowest BCUT2D eigenvalue weighted by molar-refractivity contribution is 0.0639. The summed E-state index contributed by atoms with van der Waals surface area (Å²) in [4.78, 5) is 2.48. The molecule has 0 aromatic heterocycles. The molecule has 0 N–H and O–H groups in total. The summed E-state index contributed by atoms with van der Waals surface area (Å²) in [6, 6.07) is 8.84. The van der Waals surface area contributed by atoms with E-state index in [0.29, 0.717) is 0 Å². The van der Waals surface area contributed by atoms with Crippen LogP contribution in [0.2, 0.25) is 0 Å². The van der Waals surface area contributed by atoms with Gasteiger partial charge in [-0.2, -0.15) is 0 Å². The first kappa shape index (κ1) is 10.8. The van der Waals surface area contributed by atoms with E-state index in [1.54, 1.807) is 0 Å². The van der Waals surface area contributed by atoms with Gasteiger partial charge in [0.05, 0.1) is 13.2 Å². The fourth-order valence-electron chi connectivity index (χ4n) is 2.73. The van der Waals surface area contributed by atoms with Gasteiger partial charge in [0.2, 0.25) is 0 Å². The average Bonchev–Trinajstić information content (AvgIpc) is 2.62. The first-order valence-electron chi connectivity index (χ1n) is 6.56. The molecule has 0 amide bonds. The maximum Gasteiger partial charge on any atom is 0.0642 e. The van der Waals surface area contributed by atoms with Crippen molar-refractivity contribution in [3.63, 3.8) is 0 Å². The summed E-state index contributed by atoms with van der Waals surface area (Å²) < 4.78 is 5.44. The Kier molecular flexibility index (Phi) is 3.14. The Morgan fingerprint density at radius 1 is 1.06 bits per heavy atom. The second-order valence-corrected chi connectivity index (χ2v) is 4.74. The molecule has 0 bridgehead atoms. The van der Waals surface area contributed by atoms with Crippen molar-refractivity contribution < 1.29 is 4.74 Å². The Bertz CT molecular complexity index is 419. The number of ether oxygens (including phenoxy) is 1. The topological polar surface area (TPSA) is 12.5 Å². The average molecular weight is 229 g/mol. The lowest BCUT2D eigenvalue weighted by atomic mass is 10.0. The maximum atomic E-state index is 5.44. The van der Waals surface area contributed by atoms with Crippen LogP contribution in [-0.4, -0.2) is 31.2 Å². The van der Waals surface area contributed by atoms with Crippen LogP contribution in [0.15, 0.2) is 30.3 Å². The number of rotatable bonds is 1. The SMILES string of the molecule is C1=C(N2CCOCC2)c2ccccc2CCC1. The molecule has 0 radical (unpaired) electrons. The van der Waals surface area contributed by atoms with Gasteiger partial charge in [-0.05, 0) is 24.8 Å².